The maximum absolute atomic E-state index is 6.20. The Kier molecular flexibility index (Phi) is 5.85. The molecular formula is C24H33N7O. The van der Waals surface area contributed by atoms with Crippen LogP contribution in [0.2, 0.25) is 0 Å². The number of hydrogen-bond acceptors (Lipinski definition) is 7. The predicted molar refractivity (Wildman–Crippen MR) is 125 cm³/mol. The molecule has 0 radical (unpaired) electrons. The fourth-order valence-electron chi connectivity index (χ4n) is 4.75. The fourth-order valence-corrected chi connectivity index (χ4v) is 4.75. The number of ether oxygens (including phenoxy) is 1. The lowest BCUT2D eigenvalue weighted by molar-refractivity contribution is 0.150. The SMILES string of the molecule is CCCC(Oc1nc(N)c2ncc(Cc3cnc(N4CCCCC4)c(C)c3)n2n1)C1CC1. The molecule has 4 heterocycles. The standard InChI is InChI=1S/C24H33N7O/c1-3-7-20(18-8-9-18)32-24-28-21(25)23-27-15-19(31(23)29-24)13-17-12-16(2)22(26-14-17)30-10-5-4-6-11-30/h12,14-15,18,20H,3-11,13H2,1-2H3,(H2,25,28,29). The van der Waals surface area contributed by atoms with Gasteiger partial charge in [-0.2, -0.15) is 4.98 Å². The maximum atomic E-state index is 6.20. The van der Waals surface area contributed by atoms with E-state index in [-0.39, 0.29) is 6.10 Å². The molecule has 3 aromatic heterocycles. The summed E-state index contributed by atoms with van der Waals surface area (Å²) in [6.45, 7) is 6.52. The van der Waals surface area contributed by atoms with Gasteiger partial charge in [-0.25, -0.2) is 14.5 Å². The zero-order chi connectivity index (χ0) is 22.1. The molecule has 1 aliphatic heterocycles. The van der Waals surface area contributed by atoms with E-state index in [1.54, 1.807) is 4.52 Å². The second-order valence-corrected chi connectivity index (χ2v) is 9.26. The third kappa shape index (κ3) is 4.36. The molecule has 170 valence electrons. The summed E-state index contributed by atoms with van der Waals surface area (Å²) in [6, 6.07) is 2.57. The van der Waals surface area contributed by atoms with Crippen LogP contribution in [-0.4, -0.2) is 43.8 Å². The van der Waals surface area contributed by atoms with Crippen molar-refractivity contribution in [3.63, 3.8) is 0 Å². The van der Waals surface area contributed by atoms with Crippen LogP contribution in [0.3, 0.4) is 0 Å². The number of nitrogens with two attached hydrogens (primary N) is 1. The molecule has 32 heavy (non-hydrogen) atoms. The zero-order valence-corrected chi connectivity index (χ0v) is 19.1. The quantitative estimate of drug-likeness (QED) is 0.572. The lowest BCUT2D eigenvalue weighted by atomic mass is 10.1. The van der Waals surface area contributed by atoms with Gasteiger partial charge < -0.3 is 15.4 Å². The molecule has 0 bridgehead atoms. The monoisotopic (exact) mass is 435 g/mol. The molecule has 1 saturated heterocycles. The van der Waals surface area contributed by atoms with Crippen molar-refractivity contribution in [3.05, 3.63) is 35.3 Å². The molecule has 0 aromatic carbocycles. The summed E-state index contributed by atoms with van der Waals surface area (Å²) >= 11 is 0. The Hall–Kier alpha value is -2.90. The number of fused-ring (bicyclic) bond motifs is 1. The first-order chi connectivity index (χ1) is 15.6. The summed E-state index contributed by atoms with van der Waals surface area (Å²) in [5.74, 6) is 2.07. The Balaban J connectivity index is 1.38. The summed E-state index contributed by atoms with van der Waals surface area (Å²) in [5.41, 5.74) is 10.1. The summed E-state index contributed by atoms with van der Waals surface area (Å²) in [5, 5.41) is 4.65. The molecule has 8 heteroatoms. The highest BCUT2D eigenvalue weighted by Gasteiger charge is 2.33. The minimum Gasteiger partial charge on any atom is -0.459 e. The van der Waals surface area contributed by atoms with E-state index in [9.17, 15) is 0 Å². The molecule has 8 nitrogen and oxygen atoms in total. The smallest absolute Gasteiger partial charge is 0.336 e. The molecular weight excluding hydrogens is 402 g/mol. The number of nitrogen functional groups attached to an aromatic ring is 1. The Labute approximate surface area is 189 Å². The van der Waals surface area contributed by atoms with Crippen molar-refractivity contribution >= 4 is 17.3 Å². The van der Waals surface area contributed by atoms with Crippen molar-refractivity contribution in [3.8, 4) is 6.01 Å². The Morgan fingerprint density at radius 1 is 1.16 bits per heavy atom. The van der Waals surface area contributed by atoms with Crippen LogP contribution < -0.4 is 15.4 Å². The largest absolute Gasteiger partial charge is 0.459 e. The molecule has 2 aliphatic rings. The van der Waals surface area contributed by atoms with Gasteiger partial charge in [0, 0.05) is 25.7 Å². The van der Waals surface area contributed by atoms with Crippen LogP contribution in [0, 0.1) is 12.8 Å². The second-order valence-electron chi connectivity index (χ2n) is 9.26. The van der Waals surface area contributed by atoms with E-state index in [1.807, 2.05) is 12.4 Å². The average Bonchev–Trinajstić information content (AvgIpc) is 3.56. The van der Waals surface area contributed by atoms with Gasteiger partial charge in [0.2, 0.25) is 0 Å². The van der Waals surface area contributed by atoms with Crippen molar-refractivity contribution in [2.75, 3.05) is 23.7 Å². The lowest BCUT2D eigenvalue weighted by Gasteiger charge is -2.29. The first-order valence-corrected chi connectivity index (χ1v) is 12.0. The van der Waals surface area contributed by atoms with Gasteiger partial charge in [0.1, 0.15) is 11.9 Å². The molecule has 1 aliphatic carbocycles. The number of pyridine rings is 1. The summed E-state index contributed by atoms with van der Waals surface area (Å²) in [7, 11) is 0. The van der Waals surface area contributed by atoms with Crippen molar-refractivity contribution in [2.24, 2.45) is 5.92 Å². The summed E-state index contributed by atoms with van der Waals surface area (Å²) in [4.78, 5) is 16.0. The van der Waals surface area contributed by atoms with E-state index in [0.29, 0.717) is 29.8 Å². The number of imidazole rings is 1. The van der Waals surface area contributed by atoms with E-state index in [0.717, 1.165) is 43.0 Å². The molecule has 2 N–H and O–H groups in total. The molecule has 2 fully saturated rings. The zero-order valence-electron chi connectivity index (χ0n) is 19.1. The molecule has 1 atom stereocenters. The number of nitrogens with zero attached hydrogens (tertiary/aromatic N) is 6. The first-order valence-electron chi connectivity index (χ1n) is 12.0. The number of hydrogen-bond donors (Lipinski definition) is 1. The van der Waals surface area contributed by atoms with E-state index in [4.69, 9.17) is 15.5 Å². The third-order valence-electron chi connectivity index (χ3n) is 6.57. The van der Waals surface area contributed by atoms with Crippen LogP contribution in [0.5, 0.6) is 6.01 Å². The number of anilines is 2. The second kappa shape index (κ2) is 8.92. The molecule has 0 spiro atoms. The van der Waals surface area contributed by atoms with Crippen LogP contribution >= 0.6 is 0 Å². The number of aromatic nitrogens is 5. The molecule has 5 rings (SSSR count). The highest BCUT2D eigenvalue weighted by molar-refractivity contribution is 5.60. The van der Waals surface area contributed by atoms with Gasteiger partial charge in [0.05, 0.1) is 11.9 Å². The number of piperidine rings is 1. The average molecular weight is 436 g/mol. The molecule has 3 aromatic rings. The first kappa shape index (κ1) is 21.0. The van der Waals surface area contributed by atoms with Crippen molar-refractivity contribution in [2.45, 2.75) is 71.3 Å². The van der Waals surface area contributed by atoms with Gasteiger partial charge in [0.15, 0.2) is 11.5 Å². The highest BCUT2D eigenvalue weighted by atomic mass is 16.5. The predicted octanol–water partition coefficient (Wildman–Crippen LogP) is 3.95. The van der Waals surface area contributed by atoms with Crippen LogP contribution in [0.15, 0.2) is 18.5 Å². The van der Waals surface area contributed by atoms with Gasteiger partial charge in [0.25, 0.3) is 0 Å². The van der Waals surface area contributed by atoms with Gasteiger partial charge in [-0.1, -0.05) is 19.4 Å². The minimum atomic E-state index is 0.165. The maximum Gasteiger partial charge on any atom is 0.336 e. The Bertz CT molecular complexity index is 1090. The van der Waals surface area contributed by atoms with E-state index in [2.05, 4.69) is 39.9 Å². The van der Waals surface area contributed by atoms with Crippen LogP contribution in [0.4, 0.5) is 11.6 Å². The lowest BCUT2D eigenvalue weighted by Crippen LogP contribution is -2.30. The Morgan fingerprint density at radius 2 is 1.97 bits per heavy atom. The van der Waals surface area contributed by atoms with Crippen LogP contribution in [0.25, 0.3) is 5.65 Å². The molecule has 1 unspecified atom stereocenters. The highest BCUT2D eigenvalue weighted by Crippen LogP contribution is 2.36. The summed E-state index contributed by atoms with van der Waals surface area (Å²) in [6.07, 6.45) is 13.0. The van der Waals surface area contributed by atoms with Crippen molar-refractivity contribution in [1.82, 2.24) is 24.6 Å². The molecule has 1 saturated carbocycles. The fraction of sp³-hybridized carbons (Fsp3) is 0.583. The van der Waals surface area contributed by atoms with E-state index < -0.39 is 0 Å². The van der Waals surface area contributed by atoms with Crippen molar-refractivity contribution in [1.29, 1.82) is 0 Å². The minimum absolute atomic E-state index is 0.165. The number of rotatable bonds is 8. The van der Waals surface area contributed by atoms with Crippen LogP contribution in [-0.2, 0) is 6.42 Å². The molecule has 0 amide bonds. The van der Waals surface area contributed by atoms with Crippen LogP contribution in [0.1, 0.15) is 68.7 Å². The van der Waals surface area contributed by atoms with Crippen molar-refractivity contribution < 1.29 is 4.74 Å². The van der Waals surface area contributed by atoms with Gasteiger partial charge in [-0.15, -0.1) is 5.10 Å². The summed E-state index contributed by atoms with van der Waals surface area (Å²) < 4.78 is 7.95. The third-order valence-corrected chi connectivity index (χ3v) is 6.57. The topological polar surface area (TPSA) is 94.5 Å². The van der Waals surface area contributed by atoms with Gasteiger partial charge >= 0.3 is 6.01 Å². The Morgan fingerprint density at radius 3 is 2.69 bits per heavy atom. The van der Waals surface area contributed by atoms with Gasteiger partial charge in [-0.05, 0) is 62.5 Å². The normalized spacial score (nSPS) is 17.6. The van der Waals surface area contributed by atoms with Gasteiger partial charge in [-0.3, -0.25) is 0 Å². The van der Waals surface area contributed by atoms with E-state index in [1.165, 1.54) is 37.7 Å². The number of aryl methyl sites for hydroxylation is 1. The van der Waals surface area contributed by atoms with E-state index >= 15 is 0 Å².